The number of benzene rings is 1. The second-order valence-corrected chi connectivity index (χ2v) is 7.23. The summed E-state index contributed by atoms with van der Waals surface area (Å²) in [6, 6.07) is 7.76. The molecule has 114 valence electrons. The Labute approximate surface area is 137 Å². The summed E-state index contributed by atoms with van der Waals surface area (Å²) >= 11 is 3.26. The van der Waals surface area contributed by atoms with Crippen LogP contribution in [0.15, 0.2) is 38.4 Å². The Morgan fingerprint density at radius 3 is 2.82 bits per heavy atom. The smallest absolute Gasteiger partial charge is 0.289 e. The van der Waals surface area contributed by atoms with Crippen molar-refractivity contribution in [2.45, 2.75) is 17.0 Å². The number of hydrogen-bond acceptors (Lipinski definition) is 5. The standard InChI is InChI=1S/C16H16N2O2S2/c1-10-8-21-16(17-10)22-9-12-11-6-4-5-7-13(11)20-14(12)15(19)18(2)3/h4-8H,9H2,1-3H3. The molecule has 22 heavy (non-hydrogen) atoms. The van der Waals surface area contributed by atoms with Crippen LogP contribution in [0.1, 0.15) is 21.8 Å². The Balaban J connectivity index is 1.98. The van der Waals surface area contributed by atoms with Gasteiger partial charge in [0.15, 0.2) is 5.76 Å². The van der Waals surface area contributed by atoms with E-state index in [4.69, 9.17) is 4.42 Å². The Morgan fingerprint density at radius 1 is 1.36 bits per heavy atom. The van der Waals surface area contributed by atoms with Crippen LogP contribution < -0.4 is 0 Å². The lowest BCUT2D eigenvalue weighted by atomic mass is 10.1. The summed E-state index contributed by atoms with van der Waals surface area (Å²) in [6.07, 6.45) is 0. The van der Waals surface area contributed by atoms with Crippen molar-refractivity contribution in [1.29, 1.82) is 0 Å². The van der Waals surface area contributed by atoms with E-state index in [1.165, 1.54) is 0 Å². The van der Waals surface area contributed by atoms with Crippen molar-refractivity contribution >= 4 is 40.0 Å². The summed E-state index contributed by atoms with van der Waals surface area (Å²) in [6.45, 7) is 1.98. The molecule has 0 bridgehead atoms. The number of aryl methyl sites for hydroxylation is 1. The Bertz CT molecular complexity index is 821. The molecule has 0 aliphatic carbocycles. The molecular formula is C16H16N2O2S2. The van der Waals surface area contributed by atoms with Crippen molar-refractivity contribution in [3.63, 3.8) is 0 Å². The first-order valence-corrected chi connectivity index (χ1v) is 8.70. The van der Waals surface area contributed by atoms with Crippen LogP contribution >= 0.6 is 23.1 Å². The van der Waals surface area contributed by atoms with Crippen molar-refractivity contribution in [3.05, 3.63) is 46.7 Å². The summed E-state index contributed by atoms with van der Waals surface area (Å²) in [5, 5.41) is 3.02. The molecule has 0 unspecified atom stereocenters. The van der Waals surface area contributed by atoms with Gasteiger partial charge in [0.05, 0.1) is 0 Å². The Kier molecular flexibility index (Phi) is 4.22. The first-order chi connectivity index (χ1) is 10.6. The van der Waals surface area contributed by atoms with E-state index in [1.54, 1.807) is 42.1 Å². The fraction of sp³-hybridized carbons (Fsp3) is 0.250. The maximum absolute atomic E-state index is 12.4. The molecule has 0 spiro atoms. The first-order valence-electron chi connectivity index (χ1n) is 6.83. The average Bonchev–Trinajstić information content (AvgIpc) is 3.07. The molecule has 2 heterocycles. The molecule has 0 atom stereocenters. The minimum Gasteiger partial charge on any atom is -0.451 e. The van der Waals surface area contributed by atoms with Gasteiger partial charge in [0, 0.05) is 41.9 Å². The summed E-state index contributed by atoms with van der Waals surface area (Å²) in [7, 11) is 3.47. The third-order valence-corrected chi connectivity index (χ3v) is 5.40. The number of carbonyl (C=O) groups excluding carboxylic acids is 1. The zero-order chi connectivity index (χ0) is 15.7. The topological polar surface area (TPSA) is 46.3 Å². The number of rotatable bonds is 4. The largest absolute Gasteiger partial charge is 0.451 e. The molecule has 0 saturated heterocycles. The van der Waals surface area contributed by atoms with Gasteiger partial charge in [-0.25, -0.2) is 4.98 Å². The number of fused-ring (bicyclic) bond motifs is 1. The SMILES string of the molecule is Cc1csc(SCc2c(C(=O)N(C)C)oc3ccccc23)n1. The van der Waals surface area contributed by atoms with Crippen LogP contribution in [0.25, 0.3) is 11.0 Å². The molecule has 0 N–H and O–H groups in total. The highest BCUT2D eigenvalue weighted by Gasteiger charge is 2.22. The van der Waals surface area contributed by atoms with E-state index in [2.05, 4.69) is 4.98 Å². The second-order valence-electron chi connectivity index (χ2n) is 5.15. The van der Waals surface area contributed by atoms with E-state index >= 15 is 0 Å². The molecule has 3 rings (SSSR count). The van der Waals surface area contributed by atoms with Crippen LogP contribution in [0.2, 0.25) is 0 Å². The van der Waals surface area contributed by atoms with Gasteiger partial charge in [0.25, 0.3) is 5.91 Å². The van der Waals surface area contributed by atoms with Crippen LogP contribution in [0.5, 0.6) is 0 Å². The molecule has 3 aromatic rings. The van der Waals surface area contributed by atoms with Crippen LogP contribution in [-0.2, 0) is 5.75 Å². The maximum Gasteiger partial charge on any atom is 0.289 e. The van der Waals surface area contributed by atoms with Gasteiger partial charge in [-0.3, -0.25) is 4.79 Å². The average molecular weight is 332 g/mol. The van der Waals surface area contributed by atoms with Crippen molar-refractivity contribution in [2.75, 3.05) is 14.1 Å². The van der Waals surface area contributed by atoms with Gasteiger partial charge in [0.1, 0.15) is 9.92 Å². The zero-order valence-corrected chi connectivity index (χ0v) is 14.3. The molecule has 0 aliphatic heterocycles. The van der Waals surface area contributed by atoms with Crippen LogP contribution in [-0.4, -0.2) is 29.9 Å². The monoisotopic (exact) mass is 332 g/mol. The molecule has 1 amide bonds. The summed E-state index contributed by atoms with van der Waals surface area (Å²) in [4.78, 5) is 18.4. The highest BCUT2D eigenvalue weighted by atomic mass is 32.2. The molecule has 2 aromatic heterocycles. The van der Waals surface area contributed by atoms with Crippen LogP contribution in [0.4, 0.5) is 0 Å². The van der Waals surface area contributed by atoms with Crippen molar-refractivity contribution < 1.29 is 9.21 Å². The van der Waals surface area contributed by atoms with E-state index in [-0.39, 0.29) is 5.91 Å². The van der Waals surface area contributed by atoms with Gasteiger partial charge in [-0.05, 0) is 13.0 Å². The van der Waals surface area contributed by atoms with Crippen LogP contribution in [0.3, 0.4) is 0 Å². The maximum atomic E-state index is 12.4. The molecule has 6 heteroatoms. The zero-order valence-electron chi connectivity index (χ0n) is 12.6. The number of thioether (sulfide) groups is 1. The number of nitrogens with zero attached hydrogens (tertiary/aromatic N) is 2. The molecule has 0 radical (unpaired) electrons. The van der Waals surface area contributed by atoms with E-state index in [0.29, 0.717) is 11.5 Å². The van der Waals surface area contributed by atoms with Gasteiger partial charge >= 0.3 is 0 Å². The minimum atomic E-state index is -0.109. The van der Waals surface area contributed by atoms with Crippen molar-refractivity contribution in [1.82, 2.24) is 9.88 Å². The molecule has 4 nitrogen and oxygen atoms in total. The number of aromatic nitrogens is 1. The van der Waals surface area contributed by atoms with Gasteiger partial charge in [0.2, 0.25) is 0 Å². The molecular weight excluding hydrogens is 316 g/mol. The van der Waals surface area contributed by atoms with Gasteiger partial charge in [-0.1, -0.05) is 30.0 Å². The summed E-state index contributed by atoms with van der Waals surface area (Å²) in [5.41, 5.74) is 2.71. The minimum absolute atomic E-state index is 0.109. The van der Waals surface area contributed by atoms with E-state index in [9.17, 15) is 4.79 Å². The van der Waals surface area contributed by atoms with E-state index in [0.717, 1.165) is 26.6 Å². The lowest BCUT2D eigenvalue weighted by Crippen LogP contribution is -2.22. The highest BCUT2D eigenvalue weighted by molar-refractivity contribution is 8.00. The Morgan fingerprint density at radius 2 is 2.14 bits per heavy atom. The second kappa shape index (κ2) is 6.14. The third kappa shape index (κ3) is 2.89. The fourth-order valence-corrected chi connectivity index (χ4v) is 4.03. The molecule has 0 fully saturated rings. The first kappa shape index (κ1) is 15.1. The summed E-state index contributed by atoms with van der Waals surface area (Å²) < 4.78 is 6.80. The molecule has 0 aliphatic rings. The Hall–Kier alpha value is -1.79. The van der Waals surface area contributed by atoms with E-state index in [1.807, 2.05) is 36.6 Å². The number of para-hydroxylation sites is 1. The van der Waals surface area contributed by atoms with Gasteiger partial charge in [-0.15, -0.1) is 11.3 Å². The number of hydrogen-bond donors (Lipinski definition) is 0. The van der Waals surface area contributed by atoms with Crippen LogP contribution in [0, 0.1) is 6.92 Å². The number of amides is 1. The quantitative estimate of drug-likeness (QED) is 0.672. The lowest BCUT2D eigenvalue weighted by molar-refractivity contribution is 0.0798. The molecule has 0 saturated carbocycles. The number of furan rings is 1. The number of carbonyl (C=O) groups is 1. The fourth-order valence-electron chi connectivity index (χ4n) is 2.15. The highest BCUT2D eigenvalue weighted by Crippen LogP contribution is 2.33. The molecule has 1 aromatic carbocycles. The van der Waals surface area contributed by atoms with Crippen molar-refractivity contribution in [2.24, 2.45) is 0 Å². The number of thiazole rings is 1. The third-order valence-electron chi connectivity index (χ3n) is 3.24. The summed E-state index contributed by atoms with van der Waals surface area (Å²) in [5.74, 6) is 0.980. The lowest BCUT2D eigenvalue weighted by Gasteiger charge is -2.09. The van der Waals surface area contributed by atoms with E-state index < -0.39 is 0 Å². The van der Waals surface area contributed by atoms with Gasteiger partial charge in [-0.2, -0.15) is 0 Å². The normalized spacial score (nSPS) is 11.0. The van der Waals surface area contributed by atoms with Crippen molar-refractivity contribution in [3.8, 4) is 0 Å². The predicted octanol–water partition coefficient (Wildman–Crippen LogP) is 4.19. The van der Waals surface area contributed by atoms with Gasteiger partial charge < -0.3 is 9.32 Å². The predicted molar refractivity (Wildman–Crippen MR) is 90.6 cm³/mol.